The van der Waals surface area contributed by atoms with Gasteiger partial charge in [0.05, 0.1) is 6.61 Å². The van der Waals surface area contributed by atoms with Crippen LogP contribution in [0.1, 0.15) is 13.8 Å². The van der Waals surface area contributed by atoms with Crippen molar-refractivity contribution in [2.45, 2.75) is 19.9 Å². The largest absolute Gasteiger partial charge is 0.395 e. The number of tetrazole rings is 1. The molecule has 0 fully saturated rings. The third-order valence-electron chi connectivity index (χ3n) is 2.31. The van der Waals surface area contributed by atoms with E-state index in [1.165, 1.54) is 4.63 Å². The number of aliphatic hydroxyl groups excluding tert-OH is 1. The third-order valence-corrected chi connectivity index (χ3v) is 2.31. The second-order valence-electron chi connectivity index (χ2n) is 3.73. The molecule has 0 aliphatic rings. The molecule has 0 atom stereocenters. The van der Waals surface area contributed by atoms with Crippen LogP contribution in [0.25, 0.3) is 5.65 Å². The van der Waals surface area contributed by atoms with Gasteiger partial charge in [0.25, 0.3) is 0 Å². The number of fused-ring (bicyclic) bond motifs is 1. The van der Waals surface area contributed by atoms with Gasteiger partial charge in [-0.15, -0.1) is 14.8 Å². The average Bonchev–Trinajstić information content (AvgIpc) is 2.72. The Bertz CT molecular complexity index is 468. The molecular weight excluding hydrogens is 208 g/mol. The Labute approximate surface area is 92.7 Å². The van der Waals surface area contributed by atoms with Crippen molar-refractivity contribution in [1.29, 1.82) is 0 Å². The lowest BCUT2D eigenvalue weighted by Crippen LogP contribution is -2.34. The van der Waals surface area contributed by atoms with Crippen molar-refractivity contribution in [2.75, 3.05) is 18.1 Å². The van der Waals surface area contributed by atoms with E-state index in [0.717, 1.165) is 5.82 Å². The maximum Gasteiger partial charge on any atom is 0.200 e. The number of aliphatic hydroxyl groups is 1. The van der Waals surface area contributed by atoms with Crippen LogP contribution in [0.2, 0.25) is 0 Å². The van der Waals surface area contributed by atoms with Gasteiger partial charge in [0, 0.05) is 12.6 Å². The van der Waals surface area contributed by atoms with Crippen molar-refractivity contribution in [1.82, 2.24) is 25.3 Å². The van der Waals surface area contributed by atoms with Crippen molar-refractivity contribution in [3.8, 4) is 0 Å². The van der Waals surface area contributed by atoms with Gasteiger partial charge >= 0.3 is 0 Å². The number of hydrogen-bond donors (Lipinski definition) is 1. The van der Waals surface area contributed by atoms with Crippen LogP contribution >= 0.6 is 0 Å². The highest BCUT2D eigenvalue weighted by Crippen LogP contribution is 2.13. The molecular formula is C9H14N6O. The van der Waals surface area contributed by atoms with Gasteiger partial charge < -0.3 is 10.0 Å². The first-order valence-corrected chi connectivity index (χ1v) is 5.15. The van der Waals surface area contributed by atoms with Crippen molar-refractivity contribution in [3.63, 3.8) is 0 Å². The summed E-state index contributed by atoms with van der Waals surface area (Å²) in [5, 5.41) is 24.3. The van der Waals surface area contributed by atoms with Gasteiger partial charge in [0.1, 0.15) is 0 Å². The molecule has 2 heterocycles. The first kappa shape index (κ1) is 10.7. The van der Waals surface area contributed by atoms with Gasteiger partial charge in [0.15, 0.2) is 11.5 Å². The third kappa shape index (κ3) is 1.94. The maximum atomic E-state index is 9.00. The zero-order chi connectivity index (χ0) is 11.5. The Hall–Kier alpha value is -1.76. The molecule has 0 saturated heterocycles. The van der Waals surface area contributed by atoms with Crippen LogP contribution in [-0.2, 0) is 0 Å². The predicted octanol–water partition coefficient (Wildman–Crippen LogP) is -0.274. The highest BCUT2D eigenvalue weighted by molar-refractivity contribution is 5.44. The minimum Gasteiger partial charge on any atom is -0.395 e. The molecule has 0 radical (unpaired) electrons. The first-order valence-electron chi connectivity index (χ1n) is 5.15. The summed E-state index contributed by atoms with van der Waals surface area (Å²) in [6.07, 6.45) is 0. The first-order chi connectivity index (χ1) is 7.72. The lowest BCUT2D eigenvalue weighted by molar-refractivity contribution is 0.298. The Morgan fingerprint density at radius 1 is 1.44 bits per heavy atom. The minimum atomic E-state index is 0.0908. The van der Waals surface area contributed by atoms with Gasteiger partial charge in [-0.05, 0) is 36.4 Å². The van der Waals surface area contributed by atoms with Gasteiger partial charge in [-0.3, -0.25) is 0 Å². The Balaban J connectivity index is 2.35. The quantitative estimate of drug-likeness (QED) is 0.767. The monoisotopic (exact) mass is 222 g/mol. The van der Waals surface area contributed by atoms with E-state index in [2.05, 4.69) is 20.6 Å². The number of anilines is 1. The predicted molar refractivity (Wildman–Crippen MR) is 58.1 cm³/mol. The molecule has 0 aromatic carbocycles. The van der Waals surface area contributed by atoms with E-state index in [0.29, 0.717) is 12.2 Å². The molecule has 7 heteroatoms. The fraction of sp³-hybridized carbons (Fsp3) is 0.556. The Morgan fingerprint density at radius 3 is 2.94 bits per heavy atom. The summed E-state index contributed by atoms with van der Waals surface area (Å²) in [7, 11) is 0. The fourth-order valence-electron chi connectivity index (χ4n) is 1.54. The van der Waals surface area contributed by atoms with E-state index in [1.54, 1.807) is 6.07 Å². The summed E-state index contributed by atoms with van der Waals surface area (Å²) in [4.78, 5) is 1.99. The van der Waals surface area contributed by atoms with Gasteiger partial charge in [0.2, 0.25) is 0 Å². The summed E-state index contributed by atoms with van der Waals surface area (Å²) >= 11 is 0. The Kier molecular flexibility index (Phi) is 2.95. The van der Waals surface area contributed by atoms with Crippen LogP contribution in [0, 0.1) is 0 Å². The van der Waals surface area contributed by atoms with E-state index < -0.39 is 0 Å². The minimum absolute atomic E-state index is 0.0908. The second kappa shape index (κ2) is 4.40. The summed E-state index contributed by atoms with van der Waals surface area (Å²) < 4.78 is 1.38. The van der Waals surface area contributed by atoms with Gasteiger partial charge in [-0.2, -0.15) is 0 Å². The highest BCUT2D eigenvalue weighted by atomic mass is 16.3. The summed E-state index contributed by atoms with van der Waals surface area (Å²) in [5.74, 6) is 0.754. The van der Waals surface area contributed by atoms with Crippen molar-refractivity contribution in [3.05, 3.63) is 12.1 Å². The van der Waals surface area contributed by atoms with Gasteiger partial charge in [-0.1, -0.05) is 0 Å². The lowest BCUT2D eigenvalue weighted by Gasteiger charge is -2.26. The standard InChI is InChI=1S/C9H14N6O/c1-7(2)14(5-6-16)9-4-3-8-10-12-13-15(8)11-9/h3-4,7,16H,5-6H2,1-2H3. The van der Waals surface area contributed by atoms with E-state index in [9.17, 15) is 0 Å². The van der Waals surface area contributed by atoms with Gasteiger partial charge in [-0.25, -0.2) is 0 Å². The zero-order valence-corrected chi connectivity index (χ0v) is 9.28. The molecule has 0 bridgehead atoms. The summed E-state index contributed by atoms with van der Waals surface area (Å²) in [5.41, 5.74) is 0.608. The van der Waals surface area contributed by atoms with E-state index in [-0.39, 0.29) is 12.6 Å². The molecule has 2 rings (SSSR count). The fourth-order valence-corrected chi connectivity index (χ4v) is 1.54. The molecule has 0 unspecified atom stereocenters. The number of aromatic nitrogens is 5. The SMILES string of the molecule is CC(C)N(CCO)c1ccc2nnnn2n1. The number of hydrogen-bond acceptors (Lipinski definition) is 6. The molecule has 16 heavy (non-hydrogen) atoms. The zero-order valence-electron chi connectivity index (χ0n) is 9.28. The molecule has 1 N–H and O–H groups in total. The lowest BCUT2D eigenvalue weighted by atomic mass is 10.3. The average molecular weight is 222 g/mol. The van der Waals surface area contributed by atoms with Crippen LogP contribution in [0.3, 0.4) is 0 Å². The smallest absolute Gasteiger partial charge is 0.200 e. The van der Waals surface area contributed by atoms with E-state index in [1.807, 2.05) is 24.8 Å². The van der Waals surface area contributed by atoms with Crippen LogP contribution in [-0.4, -0.2) is 49.6 Å². The Morgan fingerprint density at radius 2 is 2.25 bits per heavy atom. The normalized spacial score (nSPS) is 11.2. The molecule has 0 aliphatic carbocycles. The van der Waals surface area contributed by atoms with Crippen molar-refractivity contribution in [2.24, 2.45) is 0 Å². The molecule has 86 valence electrons. The molecule has 0 saturated carbocycles. The van der Waals surface area contributed by atoms with Crippen LogP contribution in [0.15, 0.2) is 12.1 Å². The number of nitrogens with zero attached hydrogens (tertiary/aromatic N) is 6. The van der Waals surface area contributed by atoms with Crippen molar-refractivity contribution < 1.29 is 5.11 Å². The summed E-state index contributed by atoms with van der Waals surface area (Å²) in [6, 6.07) is 3.91. The van der Waals surface area contributed by atoms with Crippen LogP contribution in [0.4, 0.5) is 5.82 Å². The molecule has 0 amide bonds. The molecule has 0 aliphatic heterocycles. The highest BCUT2D eigenvalue weighted by Gasteiger charge is 2.12. The molecule has 2 aromatic rings. The topological polar surface area (TPSA) is 79.4 Å². The molecule has 2 aromatic heterocycles. The number of rotatable bonds is 4. The second-order valence-corrected chi connectivity index (χ2v) is 3.73. The van der Waals surface area contributed by atoms with E-state index in [4.69, 9.17) is 5.11 Å². The summed E-state index contributed by atoms with van der Waals surface area (Å²) in [6.45, 7) is 4.72. The molecule has 0 spiro atoms. The molecule has 7 nitrogen and oxygen atoms in total. The van der Waals surface area contributed by atoms with Crippen LogP contribution < -0.4 is 4.90 Å². The maximum absolute atomic E-state index is 9.00. The van der Waals surface area contributed by atoms with E-state index >= 15 is 0 Å². The van der Waals surface area contributed by atoms with Crippen LogP contribution in [0.5, 0.6) is 0 Å². The van der Waals surface area contributed by atoms with Crippen molar-refractivity contribution >= 4 is 11.5 Å².